The van der Waals surface area contributed by atoms with Crippen LogP contribution in [0.4, 0.5) is 11.4 Å². The number of carbonyl (C=O) groups is 1. The van der Waals surface area contributed by atoms with Gasteiger partial charge in [0, 0.05) is 6.54 Å². The first-order valence-corrected chi connectivity index (χ1v) is 6.42. The normalized spacial score (nSPS) is 27.2. The van der Waals surface area contributed by atoms with Gasteiger partial charge in [-0.05, 0) is 30.9 Å². The molecule has 0 saturated carbocycles. The third-order valence-electron chi connectivity index (χ3n) is 3.73. The minimum absolute atomic E-state index is 0.0591. The smallest absolute Gasteiger partial charge is 0.247 e. The molecule has 1 N–H and O–H groups in total. The van der Waals surface area contributed by atoms with Crippen molar-refractivity contribution in [2.45, 2.75) is 25.8 Å². The first-order chi connectivity index (χ1) is 8.18. The van der Waals surface area contributed by atoms with E-state index in [-0.39, 0.29) is 11.9 Å². The number of nitrogens with one attached hydrogen (secondary N) is 1. The quantitative estimate of drug-likeness (QED) is 0.768. The summed E-state index contributed by atoms with van der Waals surface area (Å²) >= 11 is 6.26. The van der Waals surface area contributed by atoms with E-state index in [1.165, 1.54) is 0 Å². The average molecular weight is 251 g/mol. The van der Waals surface area contributed by atoms with Gasteiger partial charge in [0.25, 0.3) is 0 Å². The van der Waals surface area contributed by atoms with Gasteiger partial charge in [0.05, 0.1) is 16.4 Å². The number of para-hydroxylation sites is 1. The zero-order valence-electron chi connectivity index (χ0n) is 9.74. The van der Waals surface area contributed by atoms with Crippen LogP contribution in [0.25, 0.3) is 0 Å². The number of anilines is 2. The molecular weight excluding hydrogens is 236 g/mol. The van der Waals surface area contributed by atoms with Crippen LogP contribution in [0.5, 0.6) is 0 Å². The Morgan fingerprint density at radius 2 is 2.29 bits per heavy atom. The molecule has 1 aromatic rings. The van der Waals surface area contributed by atoms with Crippen molar-refractivity contribution in [1.82, 2.24) is 0 Å². The molecule has 1 saturated heterocycles. The first kappa shape index (κ1) is 10.9. The number of amides is 1. The second-order valence-electron chi connectivity index (χ2n) is 4.88. The number of piperidine rings is 1. The fourth-order valence-electron chi connectivity index (χ4n) is 2.95. The highest BCUT2D eigenvalue weighted by Crippen LogP contribution is 2.42. The van der Waals surface area contributed by atoms with Crippen LogP contribution in [-0.2, 0) is 4.79 Å². The van der Waals surface area contributed by atoms with Gasteiger partial charge in [0.2, 0.25) is 5.91 Å². The number of hydrogen-bond donors (Lipinski definition) is 1. The number of benzene rings is 1. The summed E-state index contributed by atoms with van der Waals surface area (Å²) in [5, 5.41) is 3.69. The van der Waals surface area contributed by atoms with Gasteiger partial charge >= 0.3 is 0 Å². The van der Waals surface area contributed by atoms with Crippen molar-refractivity contribution in [1.29, 1.82) is 0 Å². The zero-order chi connectivity index (χ0) is 12.0. The molecule has 2 atom stereocenters. The molecule has 3 rings (SSSR count). The van der Waals surface area contributed by atoms with Crippen LogP contribution < -0.4 is 10.2 Å². The number of nitrogens with zero attached hydrogens (tertiary/aromatic N) is 1. The van der Waals surface area contributed by atoms with Crippen LogP contribution in [0.15, 0.2) is 18.2 Å². The van der Waals surface area contributed by atoms with Crippen molar-refractivity contribution >= 4 is 28.9 Å². The molecule has 90 valence electrons. The topological polar surface area (TPSA) is 32.3 Å². The van der Waals surface area contributed by atoms with E-state index in [1.54, 1.807) is 0 Å². The summed E-state index contributed by atoms with van der Waals surface area (Å²) in [6.07, 6.45) is 2.23. The number of carbonyl (C=O) groups excluding carboxylic acids is 1. The Hall–Kier alpha value is -1.22. The minimum atomic E-state index is -0.0591. The van der Waals surface area contributed by atoms with Crippen molar-refractivity contribution in [3.8, 4) is 0 Å². The number of rotatable bonds is 0. The van der Waals surface area contributed by atoms with Crippen molar-refractivity contribution < 1.29 is 4.79 Å². The van der Waals surface area contributed by atoms with Crippen molar-refractivity contribution in [2.24, 2.45) is 5.92 Å². The number of hydrogen-bond acceptors (Lipinski definition) is 2. The van der Waals surface area contributed by atoms with Crippen LogP contribution in [0.1, 0.15) is 19.8 Å². The SMILES string of the molecule is CC1CCCN2c3c(Cl)cccc3NC(=O)C12. The van der Waals surface area contributed by atoms with E-state index < -0.39 is 0 Å². The van der Waals surface area contributed by atoms with Gasteiger partial charge in [-0.1, -0.05) is 24.6 Å². The molecule has 1 fully saturated rings. The van der Waals surface area contributed by atoms with Gasteiger partial charge in [-0.15, -0.1) is 0 Å². The third kappa shape index (κ3) is 1.61. The van der Waals surface area contributed by atoms with Gasteiger partial charge in [0.1, 0.15) is 6.04 Å². The molecule has 2 aliphatic heterocycles. The summed E-state index contributed by atoms with van der Waals surface area (Å²) < 4.78 is 0. The van der Waals surface area contributed by atoms with E-state index in [9.17, 15) is 4.79 Å². The second kappa shape index (κ2) is 3.91. The lowest BCUT2D eigenvalue weighted by Gasteiger charge is -2.44. The predicted molar refractivity (Wildman–Crippen MR) is 69.6 cm³/mol. The van der Waals surface area contributed by atoms with E-state index in [1.807, 2.05) is 18.2 Å². The van der Waals surface area contributed by atoms with Crippen LogP contribution in [-0.4, -0.2) is 18.5 Å². The molecule has 3 nitrogen and oxygen atoms in total. The maximum atomic E-state index is 12.1. The monoisotopic (exact) mass is 250 g/mol. The largest absolute Gasteiger partial charge is 0.356 e. The zero-order valence-corrected chi connectivity index (χ0v) is 10.5. The van der Waals surface area contributed by atoms with Gasteiger partial charge in [-0.25, -0.2) is 0 Å². The molecule has 0 bridgehead atoms. The molecule has 4 heteroatoms. The molecule has 1 aromatic carbocycles. The molecule has 2 unspecified atom stereocenters. The first-order valence-electron chi connectivity index (χ1n) is 6.04. The third-order valence-corrected chi connectivity index (χ3v) is 4.04. The van der Waals surface area contributed by atoms with E-state index in [4.69, 9.17) is 11.6 Å². The maximum Gasteiger partial charge on any atom is 0.247 e. The molecule has 0 aromatic heterocycles. The molecule has 2 heterocycles. The van der Waals surface area contributed by atoms with E-state index in [0.29, 0.717) is 5.92 Å². The van der Waals surface area contributed by atoms with E-state index in [2.05, 4.69) is 17.1 Å². The van der Waals surface area contributed by atoms with E-state index >= 15 is 0 Å². The molecule has 0 spiro atoms. The van der Waals surface area contributed by atoms with Crippen LogP contribution in [0.2, 0.25) is 5.02 Å². The summed E-state index contributed by atoms with van der Waals surface area (Å²) in [6, 6.07) is 5.61. The van der Waals surface area contributed by atoms with Crippen LogP contribution in [0.3, 0.4) is 0 Å². The molecule has 2 aliphatic rings. The predicted octanol–water partition coefficient (Wildman–Crippen LogP) is 2.90. The highest BCUT2D eigenvalue weighted by molar-refractivity contribution is 6.34. The van der Waals surface area contributed by atoms with Crippen molar-refractivity contribution in [3.63, 3.8) is 0 Å². The second-order valence-corrected chi connectivity index (χ2v) is 5.29. The van der Waals surface area contributed by atoms with Gasteiger partial charge in [-0.3, -0.25) is 4.79 Å². The Morgan fingerprint density at radius 1 is 1.47 bits per heavy atom. The summed E-state index contributed by atoms with van der Waals surface area (Å²) in [5.41, 5.74) is 1.83. The highest BCUT2D eigenvalue weighted by Gasteiger charge is 2.39. The summed E-state index contributed by atoms with van der Waals surface area (Å²) in [6.45, 7) is 3.05. The number of fused-ring (bicyclic) bond motifs is 3. The Labute approximate surface area is 106 Å². The summed E-state index contributed by atoms with van der Waals surface area (Å²) in [4.78, 5) is 14.3. The van der Waals surface area contributed by atoms with Gasteiger partial charge < -0.3 is 10.2 Å². The van der Waals surface area contributed by atoms with Crippen molar-refractivity contribution in [2.75, 3.05) is 16.8 Å². The Bertz CT molecular complexity index is 474. The van der Waals surface area contributed by atoms with Crippen LogP contribution in [0, 0.1) is 5.92 Å². The van der Waals surface area contributed by atoms with Crippen LogP contribution >= 0.6 is 11.6 Å². The molecular formula is C13H15ClN2O. The molecule has 1 amide bonds. The van der Waals surface area contributed by atoms with Gasteiger partial charge in [-0.2, -0.15) is 0 Å². The fraction of sp³-hybridized carbons (Fsp3) is 0.462. The average Bonchev–Trinajstić information content (AvgIpc) is 2.28. The Balaban J connectivity index is 2.12. The fourth-order valence-corrected chi connectivity index (χ4v) is 3.24. The molecule has 0 radical (unpaired) electrons. The molecule has 17 heavy (non-hydrogen) atoms. The standard InChI is InChI=1S/C13H15ClN2O/c1-8-4-3-7-16-11(8)13(17)15-10-6-2-5-9(14)12(10)16/h2,5-6,8,11H,3-4,7H2,1H3,(H,15,17). The summed E-state index contributed by atoms with van der Waals surface area (Å²) in [5.74, 6) is 0.486. The molecule has 0 aliphatic carbocycles. The Morgan fingerprint density at radius 3 is 3.12 bits per heavy atom. The Kier molecular flexibility index (Phi) is 2.51. The number of halogens is 1. The highest BCUT2D eigenvalue weighted by atomic mass is 35.5. The lowest BCUT2D eigenvalue weighted by molar-refractivity contribution is -0.119. The maximum absolute atomic E-state index is 12.1. The van der Waals surface area contributed by atoms with E-state index in [0.717, 1.165) is 35.8 Å². The lowest BCUT2D eigenvalue weighted by atomic mass is 9.88. The lowest BCUT2D eigenvalue weighted by Crippen LogP contribution is -2.54. The van der Waals surface area contributed by atoms with Gasteiger partial charge in [0.15, 0.2) is 0 Å². The minimum Gasteiger partial charge on any atom is -0.356 e. The van der Waals surface area contributed by atoms with Crippen molar-refractivity contribution in [3.05, 3.63) is 23.2 Å². The summed E-state index contributed by atoms with van der Waals surface area (Å²) in [7, 11) is 0.